The average molecular weight is 558 g/mol. The lowest BCUT2D eigenvalue weighted by Gasteiger charge is -2.42. The van der Waals surface area contributed by atoms with Crippen LogP contribution in [0.4, 0.5) is 0 Å². The summed E-state index contributed by atoms with van der Waals surface area (Å²) in [6, 6.07) is 21.2. The topological polar surface area (TPSA) is 49.4 Å². The van der Waals surface area contributed by atoms with E-state index in [1.54, 1.807) is 14.2 Å². The Bertz CT molecular complexity index is 891. The highest BCUT2D eigenvalue weighted by molar-refractivity contribution is 6.74. The monoisotopic (exact) mass is 557 g/mol. The fourth-order valence-corrected chi connectivity index (χ4v) is 5.20. The second-order valence-corrected chi connectivity index (χ2v) is 16.3. The van der Waals surface area contributed by atoms with E-state index in [1.807, 2.05) is 13.0 Å². The van der Waals surface area contributed by atoms with Crippen molar-refractivity contribution in [3.05, 3.63) is 83.9 Å². The number of rotatable bonds is 18. The Labute approximate surface area is 238 Å². The van der Waals surface area contributed by atoms with Crippen molar-refractivity contribution in [1.82, 2.24) is 4.90 Å². The molecule has 0 unspecified atom stereocenters. The van der Waals surface area contributed by atoms with Crippen LogP contribution in [0.2, 0.25) is 18.1 Å². The highest BCUT2D eigenvalue weighted by atomic mass is 28.4. The summed E-state index contributed by atoms with van der Waals surface area (Å²) in [5, 5.41) is 0.0964. The van der Waals surface area contributed by atoms with Crippen LogP contribution >= 0.6 is 0 Å². The molecule has 0 saturated heterocycles. The van der Waals surface area contributed by atoms with Crippen LogP contribution in [0.1, 0.15) is 45.2 Å². The van der Waals surface area contributed by atoms with Gasteiger partial charge in [-0.3, -0.25) is 4.90 Å². The lowest BCUT2D eigenvalue weighted by Crippen LogP contribution is -2.52. The van der Waals surface area contributed by atoms with Gasteiger partial charge in [-0.25, -0.2) is 0 Å². The molecule has 0 aliphatic carbocycles. The largest absolute Gasteiger partial charge is 0.415 e. The van der Waals surface area contributed by atoms with Crippen molar-refractivity contribution < 1.29 is 23.4 Å². The SMILES string of the molecule is C/C=C/[C@@H](C[C@H](OCOC)[C@@H](CO[Si](C)(C)C(C)(C)C)N(Cc1ccccc1)Cc1ccccc1)OCOC. The fourth-order valence-electron chi connectivity index (χ4n) is 4.18. The number of ether oxygens (including phenoxy) is 4. The Kier molecular flexibility index (Phi) is 14.6. The van der Waals surface area contributed by atoms with Gasteiger partial charge in [0.05, 0.1) is 24.9 Å². The molecule has 0 bridgehead atoms. The summed E-state index contributed by atoms with van der Waals surface area (Å²) in [6.45, 7) is 15.9. The van der Waals surface area contributed by atoms with Gasteiger partial charge in [0.15, 0.2) is 8.32 Å². The van der Waals surface area contributed by atoms with E-state index in [1.165, 1.54) is 11.1 Å². The zero-order valence-electron chi connectivity index (χ0n) is 25.4. The zero-order chi connectivity index (χ0) is 28.7. The van der Waals surface area contributed by atoms with Crippen molar-refractivity contribution in [2.45, 2.75) is 83.6 Å². The van der Waals surface area contributed by atoms with E-state index in [2.05, 4.69) is 106 Å². The van der Waals surface area contributed by atoms with Crippen LogP contribution in [0.25, 0.3) is 0 Å². The minimum atomic E-state index is -2.03. The first kappa shape index (κ1) is 33.4. The second-order valence-electron chi connectivity index (χ2n) is 11.5. The van der Waals surface area contributed by atoms with Gasteiger partial charge in [-0.1, -0.05) is 93.6 Å². The van der Waals surface area contributed by atoms with Crippen molar-refractivity contribution in [3.63, 3.8) is 0 Å². The molecule has 218 valence electrons. The molecule has 6 nitrogen and oxygen atoms in total. The standard InChI is InChI=1S/C32H51NO5Si/c1-9-16-29(36-25-34-5)21-31(37-26-35-6)30(24-38-39(7,8)32(2,3)4)33(22-27-17-12-10-13-18-27)23-28-19-14-11-15-20-28/h9-20,29-31H,21-26H2,1-8H3/b16-9+/t29-,30+,31-/m0/s1. The predicted molar refractivity (Wildman–Crippen MR) is 162 cm³/mol. The average Bonchev–Trinajstić information content (AvgIpc) is 2.90. The predicted octanol–water partition coefficient (Wildman–Crippen LogP) is 7.02. The van der Waals surface area contributed by atoms with Crippen molar-refractivity contribution in [1.29, 1.82) is 0 Å². The summed E-state index contributed by atoms with van der Waals surface area (Å²) in [4.78, 5) is 2.49. The zero-order valence-corrected chi connectivity index (χ0v) is 26.4. The van der Waals surface area contributed by atoms with Crippen LogP contribution in [-0.4, -0.2) is 65.9 Å². The lowest BCUT2D eigenvalue weighted by atomic mass is 10.0. The van der Waals surface area contributed by atoms with Gasteiger partial charge in [0.1, 0.15) is 13.6 Å². The Morgan fingerprint density at radius 3 is 1.79 bits per heavy atom. The lowest BCUT2D eigenvalue weighted by molar-refractivity contribution is -0.131. The molecule has 2 aromatic carbocycles. The van der Waals surface area contributed by atoms with E-state index < -0.39 is 8.32 Å². The first-order chi connectivity index (χ1) is 18.6. The van der Waals surface area contributed by atoms with Crippen LogP contribution in [0.15, 0.2) is 72.8 Å². The van der Waals surface area contributed by atoms with Gasteiger partial charge in [-0.15, -0.1) is 0 Å². The fraction of sp³-hybridized carbons (Fsp3) is 0.562. The molecule has 0 fully saturated rings. The smallest absolute Gasteiger partial charge is 0.192 e. The van der Waals surface area contributed by atoms with Crippen LogP contribution < -0.4 is 0 Å². The highest BCUT2D eigenvalue weighted by Crippen LogP contribution is 2.37. The van der Waals surface area contributed by atoms with Gasteiger partial charge in [-0.05, 0) is 36.2 Å². The number of methoxy groups -OCH3 is 2. The van der Waals surface area contributed by atoms with Crippen molar-refractivity contribution in [3.8, 4) is 0 Å². The molecule has 0 amide bonds. The van der Waals surface area contributed by atoms with Crippen LogP contribution in [-0.2, 0) is 36.5 Å². The minimum Gasteiger partial charge on any atom is -0.415 e. The molecule has 0 aromatic heterocycles. The highest BCUT2D eigenvalue weighted by Gasteiger charge is 2.40. The maximum Gasteiger partial charge on any atom is 0.192 e. The summed E-state index contributed by atoms with van der Waals surface area (Å²) in [7, 11) is 1.27. The second kappa shape index (κ2) is 17.1. The maximum atomic E-state index is 6.89. The van der Waals surface area contributed by atoms with Crippen molar-refractivity contribution >= 4 is 8.32 Å². The summed E-state index contributed by atoms with van der Waals surface area (Å²) < 4.78 is 30.0. The van der Waals surface area contributed by atoms with Crippen molar-refractivity contribution in [2.24, 2.45) is 0 Å². The summed E-state index contributed by atoms with van der Waals surface area (Å²) in [6.07, 6.45) is 4.35. The van der Waals surface area contributed by atoms with Crippen LogP contribution in [0, 0.1) is 0 Å². The molecular formula is C32H51NO5Si. The van der Waals surface area contributed by atoms with E-state index in [4.69, 9.17) is 23.4 Å². The van der Waals surface area contributed by atoms with Crippen LogP contribution in [0.5, 0.6) is 0 Å². The molecular weight excluding hydrogens is 506 g/mol. The number of nitrogens with zero attached hydrogens (tertiary/aromatic N) is 1. The van der Waals surface area contributed by atoms with Gasteiger partial charge in [-0.2, -0.15) is 0 Å². The molecule has 0 aliphatic rings. The molecule has 0 heterocycles. The Morgan fingerprint density at radius 2 is 1.33 bits per heavy atom. The van der Waals surface area contributed by atoms with E-state index in [0.717, 1.165) is 13.1 Å². The number of hydrogen-bond acceptors (Lipinski definition) is 6. The molecule has 2 aromatic rings. The molecule has 2 rings (SSSR count). The van der Waals surface area contributed by atoms with Gasteiger partial charge >= 0.3 is 0 Å². The van der Waals surface area contributed by atoms with E-state index in [0.29, 0.717) is 13.0 Å². The van der Waals surface area contributed by atoms with Gasteiger partial charge in [0.25, 0.3) is 0 Å². The molecule has 0 aliphatic heterocycles. The molecule has 7 heteroatoms. The molecule has 39 heavy (non-hydrogen) atoms. The summed E-state index contributed by atoms with van der Waals surface area (Å²) in [5.41, 5.74) is 2.49. The van der Waals surface area contributed by atoms with Crippen LogP contribution in [0.3, 0.4) is 0 Å². The summed E-state index contributed by atoms with van der Waals surface area (Å²) >= 11 is 0. The van der Waals surface area contributed by atoms with Gasteiger partial charge in [0.2, 0.25) is 0 Å². The quantitative estimate of drug-likeness (QED) is 0.111. The van der Waals surface area contributed by atoms with E-state index in [9.17, 15) is 0 Å². The Hall–Kier alpha value is -1.84. The van der Waals surface area contributed by atoms with E-state index in [-0.39, 0.29) is 36.9 Å². The molecule has 3 atom stereocenters. The molecule has 0 saturated carbocycles. The first-order valence-corrected chi connectivity index (χ1v) is 16.8. The summed E-state index contributed by atoms with van der Waals surface area (Å²) in [5.74, 6) is 0. The first-order valence-electron chi connectivity index (χ1n) is 13.9. The third kappa shape index (κ3) is 11.7. The Morgan fingerprint density at radius 1 is 0.821 bits per heavy atom. The number of benzene rings is 2. The number of hydrogen-bond donors (Lipinski definition) is 0. The minimum absolute atomic E-state index is 0.0476. The van der Waals surface area contributed by atoms with Gasteiger partial charge < -0.3 is 23.4 Å². The molecule has 0 spiro atoms. The Balaban J connectivity index is 2.51. The third-order valence-electron chi connectivity index (χ3n) is 7.45. The van der Waals surface area contributed by atoms with Crippen molar-refractivity contribution in [2.75, 3.05) is 34.4 Å². The maximum absolute atomic E-state index is 6.89. The normalized spacial score (nSPS) is 15.1. The molecule has 0 N–H and O–H groups in total. The number of allylic oxidation sites excluding steroid dienone is 1. The molecule has 0 radical (unpaired) electrons. The van der Waals surface area contributed by atoms with Gasteiger partial charge in [0, 0.05) is 33.7 Å². The van der Waals surface area contributed by atoms with E-state index >= 15 is 0 Å². The third-order valence-corrected chi connectivity index (χ3v) is 11.9.